The van der Waals surface area contributed by atoms with Gasteiger partial charge in [0.25, 0.3) is 0 Å². The van der Waals surface area contributed by atoms with E-state index in [-0.39, 0.29) is 27.8 Å². The molecule has 0 bridgehead atoms. The largest absolute Gasteiger partial charge is 0.417 e. The molecule has 2 aromatic rings. The summed E-state index contributed by atoms with van der Waals surface area (Å²) in [5, 5.41) is 2.08. The Morgan fingerprint density at radius 3 is 2.38 bits per heavy atom. The fraction of sp³-hybridized carbons (Fsp3) is 0.294. The Kier molecular flexibility index (Phi) is 6.52. The lowest BCUT2D eigenvalue weighted by atomic mass is 10.1. The van der Waals surface area contributed by atoms with Crippen LogP contribution in [0.3, 0.4) is 0 Å². The number of alkyl halides is 3. The molecule has 2 rings (SSSR count). The van der Waals surface area contributed by atoms with Crippen LogP contribution >= 0.6 is 23.4 Å². The lowest BCUT2D eigenvalue weighted by molar-refractivity contribution is -0.137. The van der Waals surface area contributed by atoms with E-state index in [0.717, 1.165) is 23.4 Å². The van der Waals surface area contributed by atoms with Crippen molar-refractivity contribution >= 4 is 29.3 Å². The minimum atomic E-state index is -4.53. The molecule has 0 saturated carbocycles. The highest BCUT2D eigenvalue weighted by Gasteiger charge is 2.32. The van der Waals surface area contributed by atoms with Gasteiger partial charge in [-0.1, -0.05) is 35.5 Å². The number of aromatic nitrogens is 1. The molecule has 0 radical (unpaired) electrons. The number of benzene rings is 1. The van der Waals surface area contributed by atoms with Gasteiger partial charge >= 0.3 is 6.18 Å². The van der Waals surface area contributed by atoms with E-state index in [1.165, 1.54) is 12.1 Å². The number of carbonyl (C=O) groups is 1. The van der Waals surface area contributed by atoms with Crippen molar-refractivity contribution in [3.05, 3.63) is 58.5 Å². The Bertz CT molecular complexity index is 783. The Morgan fingerprint density at radius 2 is 1.85 bits per heavy atom. The number of hydrogen-bond donors (Lipinski definition) is 1. The van der Waals surface area contributed by atoms with Gasteiger partial charge in [0.05, 0.1) is 21.9 Å². The number of pyridine rings is 1. The molecule has 26 heavy (non-hydrogen) atoms. The molecule has 0 aliphatic carbocycles. The molecule has 2 atom stereocenters. The van der Waals surface area contributed by atoms with Crippen LogP contribution in [0.5, 0.6) is 0 Å². The van der Waals surface area contributed by atoms with Crippen LogP contribution in [0.1, 0.15) is 31.0 Å². The summed E-state index contributed by atoms with van der Waals surface area (Å²) in [6, 6.07) is 6.13. The first-order valence-electron chi connectivity index (χ1n) is 7.53. The molecule has 1 N–H and O–H groups in total. The van der Waals surface area contributed by atoms with Crippen molar-refractivity contribution in [2.24, 2.45) is 0 Å². The molecular weight excluding hydrogens is 392 g/mol. The summed E-state index contributed by atoms with van der Waals surface area (Å²) in [5.74, 6) is -0.719. The van der Waals surface area contributed by atoms with Crippen molar-refractivity contribution in [1.82, 2.24) is 10.3 Å². The molecule has 1 aromatic carbocycles. The van der Waals surface area contributed by atoms with Gasteiger partial charge in [0, 0.05) is 6.20 Å². The second kappa shape index (κ2) is 8.26. The third kappa shape index (κ3) is 5.35. The Hall–Kier alpha value is -1.80. The van der Waals surface area contributed by atoms with Gasteiger partial charge < -0.3 is 5.32 Å². The maximum atomic E-state index is 12.9. The van der Waals surface area contributed by atoms with Crippen molar-refractivity contribution < 1.29 is 22.4 Å². The van der Waals surface area contributed by atoms with E-state index in [1.807, 2.05) is 0 Å². The van der Waals surface area contributed by atoms with Crippen molar-refractivity contribution in [3.63, 3.8) is 0 Å². The molecule has 0 aliphatic rings. The van der Waals surface area contributed by atoms with E-state index in [9.17, 15) is 22.4 Å². The summed E-state index contributed by atoms with van der Waals surface area (Å²) < 4.78 is 50.8. The van der Waals surface area contributed by atoms with Crippen LogP contribution < -0.4 is 5.32 Å². The maximum absolute atomic E-state index is 12.9. The Balaban J connectivity index is 2.01. The first-order chi connectivity index (χ1) is 12.1. The summed E-state index contributed by atoms with van der Waals surface area (Å²) in [5.41, 5.74) is -0.225. The predicted octanol–water partition coefficient (Wildman–Crippen LogP) is 5.25. The van der Waals surface area contributed by atoms with Gasteiger partial charge in [-0.25, -0.2) is 9.37 Å². The standard InChI is InChI=1S/C17H15ClF4N2OS/c1-9(11-3-5-13(19)6-4-11)24-15(25)10(2)26-16-14(18)7-12(8-23-16)17(20,21)22/h3-10H,1-2H3,(H,24,25)/t9-,10+/m0/s1. The molecule has 0 fully saturated rings. The van der Waals surface area contributed by atoms with Gasteiger partial charge in [0.15, 0.2) is 0 Å². The summed E-state index contributed by atoms with van der Waals surface area (Å²) >= 11 is 6.80. The number of nitrogens with one attached hydrogen (secondary N) is 1. The first-order valence-corrected chi connectivity index (χ1v) is 8.79. The topological polar surface area (TPSA) is 42.0 Å². The van der Waals surface area contributed by atoms with Gasteiger partial charge in [-0.2, -0.15) is 13.2 Å². The van der Waals surface area contributed by atoms with Crippen molar-refractivity contribution in [1.29, 1.82) is 0 Å². The van der Waals surface area contributed by atoms with Gasteiger partial charge in [0.2, 0.25) is 5.91 Å². The molecule has 3 nitrogen and oxygen atoms in total. The summed E-state index contributed by atoms with van der Waals surface area (Å²) in [4.78, 5) is 16.0. The number of carbonyl (C=O) groups excluding carboxylic acids is 1. The molecular formula is C17H15ClF4N2OS. The van der Waals surface area contributed by atoms with Gasteiger partial charge in [-0.15, -0.1) is 0 Å². The summed E-state index contributed by atoms with van der Waals surface area (Å²) in [7, 11) is 0. The number of thioether (sulfide) groups is 1. The number of amides is 1. The third-order valence-electron chi connectivity index (χ3n) is 3.52. The maximum Gasteiger partial charge on any atom is 0.417 e. The highest BCUT2D eigenvalue weighted by atomic mass is 35.5. The molecule has 1 heterocycles. The van der Waals surface area contributed by atoms with Gasteiger partial charge in [-0.3, -0.25) is 4.79 Å². The summed E-state index contributed by atoms with van der Waals surface area (Å²) in [6.07, 6.45) is -3.85. The second-order valence-electron chi connectivity index (χ2n) is 5.55. The number of halogens is 5. The minimum Gasteiger partial charge on any atom is -0.349 e. The number of rotatable bonds is 5. The van der Waals surface area contributed by atoms with Crippen LogP contribution in [0.4, 0.5) is 17.6 Å². The van der Waals surface area contributed by atoms with E-state index in [4.69, 9.17) is 11.6 Å². The van der Waals surface area contributed by atoms with Crippen molar-refractivity contribution in [3.8, 4) is 0 Å². The molecule has 1 aromatic heterocycles. The minimum absolute atomic E-state index is 0.136. The van der Waals surface area contributed by atoms with Gasteiger partial charge in [0.1, 0.15) is 10.8 Å². The lowest BCUT2D eigenvalue weighted by Crippen LogP contribution is -2.33. The van der Waals surface area contributed by atoms with E-state index in [0.29, 0.717) is 6.20 Å². The normalized spacial score (nSPS) is 14.0. The summed E-state index contributed by atoms with van der Waals surface area (Å²) in [6.45, 7) is 3.33. The van der Waals surface area contributed by atoms with Crippen LogP contribution in [0.25, 0.3) is 0 Å². The zero-order chi connectivity index (χ0) is 19.5. The second-order valence-corrected chi connectivity index (χ2v) is 7.29. The zero-order valence-corrected chi connectivity index (χ0v) is 15.3. The molecule has 1 amide bonds. The Labute approximate surface area is 157 Å². The van der Waals surface area contributed by atoms with Crippen LogP contribution in [0.2, 0.25) is 5.02 Å². The molecule has 0 aliphatic heterocycles. The highest BCUT2D eigenvalue weighted by molar-refractivity contribution is 8.00. The molecule has 0 saturated heterocycles. The highest BCUT2D eigenvalue weighted by Crippen LogP contribution is 2.35. The van der Waals surface area contributed by atoms with E-state index >= 15 is 0 Å². The van der Waals surface area contributed by atoms with E-state index < -0.39 is 17.0 Å². The zero-order valence-electron chi connectivity index (χ0n) is 13.8. The van der Waals surface area contributed by atoms with Crippen molar-refractivity contribution in [2.75, 3.05) is 0 Å². The molecule has 140 valence electrons. The fourth-order valence-corrected chi connectivity index (χ4v) is 3.15. The first kappa shape index (κ1) is 20.5. The fourth-order valence-electron chi connectivity index (χ4n) is 2.05. The van der Waals surface area contributed by atoms with Crippen LogP contribution in [-0.4, -0.2) is 16.1 Å². The third-order valence-corrected chi connectivity index (χ3v) is 5.04. The van der Waals surface area contributed by atoms with Crippen LogP contribution in [0.15, 0.2) is 41.6 Å². The lowest BCUT2D eigenvalue weighted by Gasteiger charge is -2.18. The SMILES string of the molecule is C[C@H](NC(=O)[C@@H](C)Sc1ncc(C(F)(F)F)cc1Cl)c1ccc(F)cc1. The smallest absolute Gasteiger partial charge is 0.349 e. The van der Waals surface area contributed by atoms with E-state index in [2.05, 4.69) is 10.3 Å². The molecule has 9 heteroatoms. The van der Waals surface area contributed by atoms with Crippen molar-refractivity contribution in [2.45, 2.75) is 36.3 Å². The van der Waals surface area contributed by atoms with Gasteiger partial charge in [-0.05, 0) is 37.6 Å². The molecule has 0 unspecified atom stereocenters. The quantitative estimate of drug-likeness (QED) is 0.544. The van der Waals surface area contributed by atoms with Crippen LogP contribution in [-0.2, 0) is 11.0 Å². The monoisotopic (exact) mass is 406 g/mol. The van der Waals surface area contributed by atoms with Crippen LogP contribution in [0, 0.1) is 5.82 Å². The predicted molar refractivity (Wildman–Crippen MR) is 92.5 cm³/mol. The number of hydrogen-bond acceptors (Lipinski definition) is 3. The number of nitrogens with zero attached hydrogens (tertiary/aromatic N) is 1. The average Bonchev–Trinajstić information content (AvgIpc) is 2.56. The average molecular weight is 407 g/mol. The Morgan fingerprint density at radius 1 is 1.23 bits per heavy atom. The molecule has 0 spiro atoms. The van der Waals surface area contributed by atoms with E-state index in [1.54, 1.807) is 26.0 Å².